The van der Waals surface area contributed by atoms with Gasteiger partial charge >= 0.3 is 0 Å². The Balaban J connectivity index is 1.25. The number of ketones is 1. The Morgan fingerprint density at radius 1 is 1.05 bits per heavy atom. The van der Waals surface area contributed by atoms with Crippen molar-refractivity contribution in [3.05, 3.63) is 95.1 Å². The van der Waals surface area contributed by atoms with E-state index < -0.39 is 29.3 Å². The second-order valence-corrected chi connectivity index (χ2v) is 13.1. The van der Waals surface area contributed by atoms with Gasteiger partial charge in [0, 0.05) is 23.1 Å². The summed E-state index contributed by atoms with van der Waals surface area (Å²) in [6.07, 6.45) is 0.486. The number of hydrogen-bond donors (Lipinski definition) is 3. The number of aromatic nitrogens is 2. The summed E-state index contributed by atoms with van der Waals surface area (Å²) in [6.45, 7) is 3.98. The topological polar surface area (TPSA) is 124 Å². The molecule has 2 aromatic heterocycles. The zero-order valence-corrected chi connectivity index (χ0v) is 25.1. The number of para-hydroxylation sites is 3. The molecule has 7 rings (SSSR count). The maximum absolute atomic E-state index is 14.5. The van der Waals surface area contributed by atoms with Crippen LogP contribution in [-0.2, 0) is 15.0 Å². The summed E-state index contributed by atoms with van der Waals surface area (Å²) >= 11 is 1.28. The van der Waals surface area contributed by atoms with Crippen LogP contribution in [0.5, 0.6) is 0 Å². The van der Waals surface area contributed by atoms with Crippen molar-refractivity contribution >= 4 is 61.6 Å². The fourth-order valence-corrected chi connectivity index (χ4v) is 7.50. The predicted molar refractivity (Wildman–Crippen MR) is 170 cm³/mol. The lowest BCUT2D eigenvalue weighted by molar-refractivity contribution is -0.134. The summed E-state index contributed by atoms with van der Waals surface area (Å²) in [5.74, 6) is -1.28. The quantitative estimate of drug-likeness (QED) is 0.217. The van der Waals surface area contributed by atoms with E-state index in [1.807, 2.05) is 86.6 Å². The van der Waals surface area contributed by atoms with Crippen molar-refractivity contribution in [3.8, 4) is 0 Å². The smallest absolute Gasteiger partial charge is 0.268 e. The van der Waals surface area contributed by atoms with Gasteiger partial charge in [-0.15, -0.1) is 11.3 Å². The molecule has 0 aliphatic carbocycles. The molecule has 2 aliphatic heterocycles. The van der Waals surface area contributed by atoms with Gasteiger partial charge in [-0.25, -0.2) is 4.98 Å². The number of thiazole rings is 1. The van der Waals surface area contributed by atoms with Crippen molar-refractivity contribution in [2.45, 2.75) is 44.2 Å². The van der Waals surface area contributed by atoms with Gasteiger partial charge < -0.3 is 20.5 Å². The lowest BCUT2D eigenvalue weighted by atomic mass is 9.79. The highest BCUT2D eigenvalue weighted by Gasteiger charge is 2.58. The van der Waals surface area contributed by atoms with E-state index in [0.717, 1.165) is 21.2 Å². The Morgan fingerprint density at radius 3 is 2.59 bits per heavy atom. The average molecular weight is 606 g/mol. The van der Waals surface area contributed by atoms with Gasteiger partial charge in [-0.3, -0.25) is 19.2 Å². The van der Waals surface area contributed by atoms with Crippen molar-refractivity contribution in [1.29, 1.82) is 0 Å². The van der Waals surface area contributed by atoms with E-state index >= 15 is 0 Å². The summed E-state index contributed by atoms with van der Waals surface area (Å²) in [7, 11) is 0. The first kappa shape index (κ1) is 28.0. The largest absolute Gasteiger partial charge is 0.351 e. The number of rotatable bonds is 7. The number of aromatic amines is 1. The molecule has 3 amide bonds. The summed E-state index contributed by atoms with van der Waals surface area (Å²) in [4.78, 5) is 65.0. The molecule has 3 N–H and O–H groups in total. The van der Waals surface area contributed by atoms with Gasteiger partial charge in [0.05, 0.1) is 21.7 Å². The minimum absolute atomic E-state index is 0.0207. The van der Waals surface area contributed by atoms with E-state index in [0.29, 0.717) is 28.3 Å². The van der Waals surface area contributed by atoms with Crippen LogP contribution in [0.2, 0.25) is 0 Å². The van der Waals surface area contributed by atoms with E-state index in [1.54, 1.807) is 6.07 Å². The Morgan fingerprint density at radius 2 is 1.80 bits per heavy atom. The number of carbonyl (C=O) groups is 4. The van der Waals surface area contributed by atoms with Crippen LogP contribution in [-0.4, -0.2) is 57.0 Å². The van der Waals surface area contributed by atoms with Gasteiger partial charge in [-0.1, -0.05) is 62.4 Å². The average Bonchev–Trinajstić information content (AvgIpc) is 3.79. The van der Waals surface area contributed by atoms with Gasteiger partial charge in [0.1, 0.15) is 11.7 Å². The van der Waals surface area contributed by atoms with Crippen LogP contribution in [0.4, 0.5) is 5.69 Å². The third kappa shape index (κ3) is 4.66. The highest BCUT2D eigenvalue weighted by atomic mass is 32.1. The summed E-state index contributed by atoms with van der Waals surface area (Å²) in [5.41, 5.74) is 2.23. The second kappa shape index (κ2) is 10.7. The van der Waals surface area contributed by atoms with E-state index in [2.05, 4.69) is 20.6 Å². The van der Waals surface area contributed by atoms with Crippen LogP contribution in [0, 0.1) is 5.92 Å². The number of anilines is 1. The van der Waals surface area contributed by atoms with Crippen LogP contribution >= 0.6 is 11.3 Å². The van der Waals surface area contributed by atoms with Gasteiger partial charge in [0.15, 0.2) is 5.01 Å². The Kier molecular flexibility index (Phi) is 6.81. The van der Waals surface area contributed by atoms with Crippen LogP contribution in [0.3, 0.4) is 0 Å². The van der Waals surface area contributed by atoms with Crippen molar-refractivity contribution in [3.63, 3.8) is 0 Å². The van der Waals surface area contributed by atoms with Crippen molar-refractivity contribution < 1.29 is 19.2 Å². The van der Waals surface area contributed by atoms with E-state index in [9.17, 15) is 19.2 Å². The van der Waals surface area contributed by atoms with Crippen molar-refractivity contribution in [2.75, 3.05) is 11.9 Å². The lowest BCUT2D eigenvalue weighted by Crippen LogP contribution is -2.52. The van der Waals surface area contributed by atoms with Crippen molar-refractivity contribution in [2.24, 2.45) is 5.92 Å². The van der Waals surface area contributed by atoms with Crippen LogP contribution in [0.1, 0.15) is 52.5 Å². The molecule has 9 nitrogen and oxygen atoms in total. The van der Waals surface area contributed by atoms with E-state index in [-0.39, 0.29) is 30.6 Å². The minimum Gasteiger partial charge on any atom is -0.351 e. The number of amides is 3. The zero-order valence-electron chi connectivity index (χ0n) is 24.3. The van der Waals surface area contributed by atoms with Gasteiger partial charge in [-0.2, -0.15) is 0 Å². The molecule has 222 valence electrons. The molecule has 2 unspecified atom stereocenters. The maximum Gasteiger partial charge on any atom is 0.268 e. The number of carbonyl (C=O) groups excluding carboxylic acids is 4. The van der Waals surface area contributed by atoms with Crippen LogP contribution in [0.25, 0.3) is 21.1 Å². The molecule has 10 heteroatoms. The Hall–Kier alpha value is -4.83. The third-order valence-electron chi connectivity index (χ3n) is 8.66. The molecule has 1 spiro atoms. The fourth-order valence-electron chi connectivity index (χ4n) is 6.55. The zero-order chi connectivity index (χ0) is 30.6. The highest BCUT2D eigenvalue weighted by Crippen LogP contribution is 2.47. The first-order chi connectivity index (χ1) is 21.2. The van der Waals surface area contributed by atoms with Crippen LogP contribution < -0.4 is 10.6 Å². The number of nitrogens with zero attached hydrogens (tertiary/aromatic N) is 2. The minimum atomic E-state index is -1.09. The Bertz CT molecular complexity index is 1900. The normalized spacial score (nSPS) is 19.9. The number of hydrogen-bond acceptors (Lipinski definition) is 6. The number of benzene rings is 3. The monoisotopic (exact) mass is 605 g/mol. The predicted octanol–water partition coefficient (Wildman–Crippen LogP) is 5.30. The number of nitrogens with one attached hydrogen (secondary N) is 3. The molecule has 1 fully saturated rings. The summed E-state index contributed by atoms with van der Waals surface area (Å²) < 4.78 is 0.869. The number of fused-ring (bicyclic) bond motifs is 4. The molecule has 0 saturated carbocycles. The van der Waals surface area contributed by atoms with Gasteiger partial charge in [-0.05, 0) is 54.7 Å². The molecule has 3 atom stereocenters. The third-order valence-corrected chi connectivity index (χ3v) is 9.71. The molecule has 1 saturated heterocycles. The number of Topliss-reactive ketones (excluding diaryl/α,β-unsaturated/α-hetero) is 1. The molecule has 4 heterocycles. The van der Waals surface area contributed by atoms with E-state index in [1.165, 1.54) is 16.2 Å². The lowest BCUT2D eigenvalue weighted by Gasteiger charge is -2.29. The molecule has 2 aliphatic rings. The van der Waals surface area contributed by atoms with E-state index in [4.69, 9.17) is 0 Å². The first-order valence-corrected chi connectivity index (χ1v) is 15.5. The van der Waals surface area contributed by atoms with Crippen LogP contribution in [0.15, 0.2) is 78.9 Å². The standard InChI is InChI=1S/C34H31N5O4S/c1-19(2)15-26(36-30(41)25-16-20-9-3-5-11-22(20)35-25)32(42)39-18-34(21-10-4-6-12-23(21)38-33(34)43)17-27(39)29(40)31-37-24-13-7-8-14-28(24)44-31/h3-14,16,19,26-27,35H,15,17-18H2,1-2H3,(H,36,41)(H,38,43)/t26?,27?,34-/m0/s1. The van der Waals surface area contributed by atoms with Gasteiger partial charge in [0.2, 0.25) is 17.6 Å². The fraction of sp³-hybridized carbons (Fsp3) is 0.265. The maximum atomic E-state index is 14.5. The molecule has 0 radical (unpaired) electrons. The molecular weight excluding hydrogens is 574 g/mol. The van der Waals surface area contributed by atoms with Crippen molar-refractivity contribution in [1.82, 2.24) is 20.2 Å². The summed E-state index contributed by atoms with van der Waals surface area (Å²) in [5, 5.41) is 7.09. The Labute approximate surface area is 257 Å². The molecule has 3 aromatic carbocycles. The number of H-pyrrole nitrogens is 1. The summed E-state index contributed by atoms with van der Waals surface area (Å²) in [6, 6.07) is 22.4. The molecule has 44 heavy (non-hydrogen) atoms. The first-order valence-electron chi connectivity index (χ1n) is 14.7. The number of likely N-dealkylation sites (tertiary alicyclic amines) is 1. The second-order valence-electron chi connectivity index (χ2n) is 12.0. The highest BCUT2D eigenvalue weighted by molar-refractivity contribution is 7.20. The van der Waals surface area contributed by atoms with Gasteiger partial charge in [0.25, 0.3) is 5.91 Å². The molecule has 5 aromatic rings. The molecule has 0 bridgehead atoms. The SMILES string of the molecule is CC(C)CC(NC(=O)c1cc2ccccc2[nH]1)C(=O)N1C[C@]2(CC1C(=O)c1nc3ccccc3s1)C(=O)Nc1ccccc12. The molecular formula is C34H31N5O4S.